The number of aliphatic carboxylic acids is 1. The molecule has 0 amide bonds. The van der Waals surface area contributed by atoms with Crippen molar-refractivity contribution in [1.82, 2.24) is 4.57 Å². The number of carbonyl (C=O) groups is 2. The number of rotatable bonds is 7. The first-order chi connectivity index (χ1) is 15.9. The number of aromatic nitrogens is 1. The van der Waals surface area contributed by atoms with E-state index in [-0.39, 0.29) is 28.8 Å². The zero-order valence-electron chi connectivity index (χ0n) is 18.0. The normalized spacial score (nSPS) is 12.7. The van der Waals surface area contributed by atoms with Crippen molar-refractivity contribution in [3.63, 3.8) is 0 Å². The summed E-state index contributed by atoms with van der Waals surface area (Å²) in [6, 6.07) is 4.58. The molecule has 34 heavy (non-hydrogen) atoms. The minimum absolute atomic E-state index is 0.00280. The van der Waals surface area contributed by atoms with Crippen molar-refractivity contribution in [2.45, 2.75) is 45.4 Å². The fourth-order valence-corrected chi connectivity index (χ4v) is 3.93. The highest BCUT2D eigenvalue weighted by Gasteiger charge is 2.33. The molecule has 0 radical (unpaired) electrons. The summed E-state index contributed by atoms with van der Waals surface area (Å²) in [6.45, 7) is 3.18. The van der Waals surface area contributed by atoms with E-state index in [2.05, 4.69) is 4.74 Å². The molecule has 0 aliphatic rings. The lowest BCUT2D eigenvalue weighted by atomic mass is 9.91. The molecule has 0 bridgehead atoms. The Morgan fingerprint density at radius 1 is 1.15 bits per heavy atom. The third kappa shape index (κ3) is 4.68. The molecule has 6 nitrogen and oxygen atoms in total. The van der Waals surface area contributed by atoms with Crippen LogP contribution in [0.25, 0.3) is 10.9 Å². The van der Waals surface area contributed by atoms with Gasteiger partial charge < -0.3 is 14.9 Å². The molecule has 0 aliphatic heterocycles. The molecule has 2 N–H and O–H groups in total. The average Bonchev–Trinajstić information content (AvgIpc) is 3.03. The number of benzene rings is 2. The van der Waals surface area contributed by atoms with Crippen LogP contribution in [-0.2, 0) is 4.79 Å². The van der Waals surface area contributed by atoms with Crippen molar-refractivity contribution in [3.8, 4) is 11.5 Å². The highest BCUT2D eigenvalue weighted by atomic mass is 19.4. The number of unbranched alkanes of at least 4 members (excludes halogenated alkanes) is 1. The number of fused-ring (bicyclic) bond motifs is 1. The van der Waals surface area contributed by atoms with Crippen LogP contribution in [-0.4, -0.2) is 33.0 Å². The lowest BCUT2D eigenvalue weighted by Crippen LogP contribution is -2.18. The largest absolute Gasteiger partial charge is 0.573 e. The number of hydrogen-bond acceptors (Lipinski definition) is 4. The summed E-state index contributed by atoms with van der Waals surface area (Å²) >= 11 is 0. The number of phenols is 1. The van der Waals surface area contributed by atoms with Crippen LogP contribution in [0.4, 0.5) is 22.0 Å². The van der Waals surface area contributed by atoms with Gasteiger partial charge in [0, 0.05) is 22.7 Å². The predicted molar refractivity (Wildman–Crippen MR) is 111 cm³/mol. The first-order valence-electron chi connectivity index (χ1n) is 10.2. The number of carbonyl (C=O) groups excluding carboxylic acids is 1. The lowest BCUT2D eigenvalue weighted by Gasteiger charge is -2.14. The number of nitrogens with zero attached hydrogens (tertiary/aromatic N) is 1. The van der Waals surface area contributed by atoms with Crippen molar-refractivity contribution in [3.05, 3.63) is 58.8 Å². The van der Waals surface area contributed by atoms with Gasteiger partial charge in [-0.1, -0.05) is 19.8 Å². The Kier molecular flexibility index (Phi) is 6.85. The first-order valence-corrected chi connectivity index (χ1v) is 10.2. The second-order valence-corrected chi connectivity index (χ2v) is 7.66. The maximum Gasteiger partial charge on any atom is 0.573 e. The second-order valence-electron chi connectivity index (χ2n) is 7.66. The van der Waals surface area contributed by atoms with E-state index >= 15 is 4.39 Å². The molecule has 1 heterocycles. The van der Waals surface area contributed by atoms with Crippen molar-refractivity contribution < 1.29 is 46.5 Å². The van der Waals surface area contributed by atoms with Crippen LogP contribution < -0.4 is 4.74 Å². The van der Waals surface area contributed by atoms with Crippen molar-refractivity contribution in [2.24, 2.45) is 0 Å². The smallest absolute Gasteiger partial charge is 0.503 e. The molecule has 0 aliphatic carbocycles. The van der Waals surface area contributed by atoms with E-state index in [0.717, 1.165) is 28.8 Å². The van der Waals surface area contributed by atoms with E-state index in [1.165, 1.54) is 6.92 Å². The van der Waals surface area contributed by atoms with Gasteiger partial charge in [-0.2, -0.15) is 0 Å². The maximum absolute atomic E-state index is 15.0. The van der Waals surface area contributed by atoms with E-state index in [1.807, 2.05) is 6.92 Å². The van der Waals surface area contributed by atoms with Gasteiger partial charge in [0.15, 0.2) is 17.4 Å². The Balaban J connectivity index is 2.22. The molecule has 0 saturated carbocycles. The monoisotopic (exact) mass is 485 g/mol. The minimum atomic E-state index is -4.94. The minimum Gasteiger partial charge on any atom is -0.503 e. The lowest BCUT2D eigenvalue weighted by molar-refractivity contribution is -0.274. The summed E-state index contributed by atoms with van der Waals surface area (Å²) in [6.07, 6.45) is -3.74. The highest BCUT2D eigenvalue weighted by molar-refractivity contribution is 6.05. The summed E-state index contributed by atoms with van der Waals surface area (Å²) in [4.78, 5) is 25.3. The van der Waals surface area contributed by atoms with Gasteiger partial charge in [0.1, 0.15) is 5.75 Å². The Morgan fingerprint density at radius 2 is 1.76 bits per heavy atom. The Bertz CT molecular complexity index is 1250. The third-order valence-electron chi connectivity index (χ3n) is 5.44. The highest BCUT2D eigenvalue weighted by Crippen LogP contribution is 2.40. The van der Waals surface area contributed by atoms with Gasteiger partial charge in [-0.25, -0.2) is 8.78 Å². The van der Waals surface area contributed by atoms with Gasteiger partial charge >= 0.3 is 12.3 Å². The van der Waals surface area contributed by atoms with Gasteiger partial charge in [0.25, 0.3) is 5.91 Å². The van der Waals surface area contributed by atoms with Gasteiger partial charge in [-0.05, 0) is 43.2 Å². The summed E-state index contributed by atoms with van der Waals surface area (Å²) in [7, 11) is 0. The molecular formula is C23H20F5NO5. The number of carboxylic acid groups (broad SMARTS) is 1. The predicted octanol–water partition coefficient (Wildman–Crippen LogP) is 5.88. The van der Waals surface area contributed by atoms with Crippen molar-refractivity contribution in [1.29, 1.82) is 0 Å². The Morgan fingerprint density at radius 3 is 2.29 bits per heavy atom. The number of carboxylic acids is 1. The topological polar surface area (TPSA) is 88.8 Å². The van der Waals surface area contributed by atoms with Crippen LogP contribution >= 0.6 is 0 Å². The van der Waals surface area contributed by atoms with Crippen molar-refractivity contribution in [2.75, 3.05) is 0 Å². The molecule has 1 atom stereocenters. The van der Waals surface area contributed by atoms with Gasteiger partial charge in [-0.3, -0.25) is 14.2 Å². The molecule has 0 fully saturated rings. The van der Waals surface area contributed by atoms with Gasteiger partial charge in [-0.15, -0.1) is 13.2 Å². The molecule has 3 aromatic rings. The third-order valence-corrected chi connectivity index (χ3v) is 5.44. The molecular weight excluding hydrogens is 465 g/mol. The van der Waals surface area contributed by atoms with Gasteiger partial charge in [0.2, 0.25) is 0 Å². The maximum atomic E-state index is 15.0. The van der Waals surface area contributed by atoms with E-state index in [0.29, 0.717) is 18.9 Å². The molecule has 0 saturated heterocycles. The number of halogens is 5. The number of hydrogen-bond donors (Lipinski definition) is 2. The molecule has 2 aromatic carbocycles. The van der Waals surface area contributed by atoms with Crippen LogP contribution in [0.15, 0.2) is 30.3 Å². The number of aromatic hydroxyl groups is 1. The average molecular weight is 485 g/mol. The zero-order chi connectivity index (χ0) is 25.4. The molecule has 182 valence electrons. The summed E-state index contributed by atoms with van der Waals surface area (Å²) in [5, 5.41) is 19.2. The number of ether oxygens (including phenoxy) is 1. The SMILES string of the molecule is CCCC[C@H](C(=O)O)c1c(C)n(C(=O)c2ccc(OC(F)(F)F)cc2)c2cc(F)c(O)c(F)c12. The Labute approximate surface area is 190 Å². The van der Waals surface area contributed by atoms with Crippen LogP contribution in [0.5, 0.6) is 11.5 Å². The number of alkyl halides is 3. The van der Waals surface area contributed by atoms with E-state index in [9.17, 15) is 37.4 Å². The van der Waals surface area contributed by atoms with Crippen LogP contribution in [0, 0.1) is 18.6 Å². The molecule has 11 heteroatoms. The standard InChI is InChI=1S/C23H20F5NO5/c1-3-4-5-14(22(32)33)17-11(2)29(16-10-15(24)20(30)19(25)18(16)17)21(31)12-6-8-13(9-7-12)34-23(26,27)28/h6-10,14,30H,3-5H2,1-2H3,(H,32,33)/t14-/m0/s1. The number of phenolic OH excluding ortho intramolecular Hbond substituents is 1. The zero-order valence-corrected chi connectivity index (χ0v) is 18.0. The van der Waals surface area contributed by atoms with E-state index in [4.69, 9.17) is 0 Å². The summed E-state index contributed by atoms with van der Waals surface area (Å²) < 4.78 is 71.1. The first kappa shape index (κ1) is 25.0. The van der Waals surface area contributed by atoms with Crippen LogP contribution in [0.3, 0.4) is 0 Å². The molecule has 0 spiro atoms. The van der Waals surface area contributed by atoms with Crippen molar-refractivity contribution >= 4 is 22.8 Å². The van der Waals surface area contributed by atoms with Crippen LogP contribution in [0.1, 0.15) is 53.7 Å². The fourth-order valence-electron chi connectivity index (χ4n) is 3.93. The fraction of sp³-hybridized carbons (Fsp3) is 0.304. The quantitative estimate of drug-likeness (QED) is 0.408. The second kappa shape index (κ2) is 9.32. The van der Waals surface area contributed by atoms with Crippen LogP contribution in [0.2, 0.25) is 0 Å². The molecule has 3 rings (SSSR count). The molecule has 1 aromatic heterocycles. The van der Waals surface area contributed by atoms with E-state index in [1.54, 1.807) is 0 Å². The summed E-state index contributed by atoms with van der Waals surface area (Å²) in [5.74, 6) is -8.07. The van der Waals surface area contributed by atoms with Gasteiger partial charge in [0.05, 0.1) is 11.4 Å². The Hall–Kier alpha value is -3.63. The summed E-state index contributed by atoms with van der Waals surface area (Å²) in [5.41, 5.74) is -0.545. The molecule has 0 unspecified atom stereocenters. The van der Waals surface area contributed by atoms with E-state index < -0.39 is 52.7 Å².